The number of carbonyl (C=O) groups excluding carboxylic acids is 2. The van der Waals surface area contributed by atoms with Gasteiger partial charge in [0.25, 0.3) is 0 Å². The van der Waals surface area contributed by atoms with Crippen LogP contribution < -0.4 is 0 Å². The molecule has 4 bridgehead atoms. The Labute approximate surface area is 194 Å². The highest BCUT2D eigenvalue weighted by Crippen LogP contribution is 2.73. The summed E-state index contributed by atoms with van der Waals surface area (Å²) < 4.78 is 22.9. The zero-order valence-electron chi connectivity index (χ0n) is 18.4. The molecule has 2 aliphatic heterocycles. The van der Waals surface area contributed by atoms with Gasteiger partial charge in [-0.25, -0.2) is 4.79 Å². The van der Waals surface area contributed by atoms with Crippen LogP contribution in [0.4, 0.5) is 0 Å². The fraction of sp³-hybridized carbons (Fsp3) is 0.652. The van der Waals surface area contributed by atoms with E-state index >= 15 is 0 Å². The van der Waals surface area contributed by atoms with Gasteiger partial charge >= 0.3 is 11.9 Å². The fourth-order valence-electron chi connectivity index (χ4n) is 6.19. The number of aliphatic hydroxyl groups excluding tert-OH is 5. The molecule has 0 amide bonds. The molecule has 10 atom stereocenters. The summed E-state index contributed by atoms with van der Waals surface area (Å²) in [5.74, 6) is -2.00. The molecule has 3 saturated carbocycles. The number of ether oxygens (including phenoxy) is 4. The lowest BCUT2D eigenvalue weighted by atomic mass is 9.40. The van der Waals surface area contributed by atoms with E-state index in [0.717, 1.165) is 0 Å². The van der Waals surface area contributed by atoms with E-state index in [2.05, 4.69) is 0 Å². The Morgan fingerprint density at radius 1 is 1.09 bits per heavy atom. The minimum absolute atomic E-state index is 0.0508. The van der Waals surface area contributed by atoms with Crippen LogP contribution in [0.1, 0.15) is 30.1 Å². The van der Waals surface area contributed by atoms with Gasteiger partial charge < -0.3 is 44.5 Å². The Morgan fingerprint density at radius 3 is 2.47 bits per heavy atom. The van der Waals surface area contributed by atoms with E-state index in [1.807, 2.05) is 0 Å². The van der Waals surface area contributed by atoms with E-state index in [0.29, 0.717) is 0 Å². The molecule has 1 aromatic rings. The van der Waals surface area contributed by atoms with Crippen LogP contribution in [0.15, 0.2) is 30.3 Å². The molecule has 5 fully saturated rings. The summed E-state index contributed by atoms with van der Waals surface area (Å²) in [6.45, 7) is 0.508. The van der Waals surface area contributed by atoms with Gasteiger partial charge in [0.05, 0.1) is 18.3 Å². The Bertz CT molecular complexity index is 969. The third kappa shape index (κ3) is 2.95. The Kier molecular flexibility index (Phi) is 5.52. The smallest absolute Gasteiger partial charge is 0.338 e. The normalized spacial score (nSPS) is 47.0. The summed E-state index contributed by atoms with van der Waals surface area (Å²) in [7, 11) is 0. The molecule has 5 N–H and O–H groups in total. The first-order valence-corrected chi connectivity index (χ1v) is 11.2. The van der Waals surface area contributed by atoms with Crippen LogP contribution in [0, 0.1) is 11.3 Å². The number of aliphatic hydroxyl groups is 5. The van der Waals surface area contributed by atoms with Crippen molar-refractivity contribution in [3.63, 3.8) is 0 Å². The molecule has 34 heavy (non-hydrogen) atoms. The molecule has 3 aliphatic carbocycles. The SMILES string of the molecule is C[C@]12C[C@H](O)[C@@H]3C[C@@]1(O[C@@H]1O[C@H](CO)[C@@H](O)[C@H](O)[C@H]1O)[C@]3(COC(=O)c1ccccc1)C(=O)O2. The summed E-state index contributed by atoms with van der Waals surface area (Å²) in [5, 5.41) is 51.0. The molecular weight excluding hydrogens is 452 g/mol. The van der Waals surface area contributed by atoms with Gasteiger partial charge in [0.15, 0.2) is 6.29 Å². The zero-order valence-corrected chi connectivity index (χ0v) is 18.4. The average molecular weight is 480 g/mol. The minimum atomic E-state index is -1.69. The van der Waals surface area contributed by atoms with Crippen LogP contribution >= 0.6 is 0 Å². The number of benzene rings is 1. The third-order valence-corrected chi connectivity index (χ3v) is 8.07. The fourth-order valence-corrected chi connectivity index (χ4v) is 6.19. The van der Waals surface area contributed by atoms with E-state index < -0.39 is 84.5 Å². The summed E-state index contributed by atoms with van der Waals surface area (Å²) >= 11 is 0. The second-order valence-electron chi connectivity index (χ2n) is 9.76. The second kappa shape index (κ2) is 7.95. The lowest BCUT2D eigenvalue weighted by Gasteiger charge is -2.66. The molecule has 0 radical (unpaired) electrons. The van der Waals surface area contributed by atoms with Gasteiger partial charge in [-0.15, -0.1) is 0 Å². The van der Waals surface area contributed by atoms with Crippen molar-refractivity contribution in [2.24, 2.45) is 11.3 Å². The van der Waals surface area contributed by atoms with Crippen molar-refractivity contribution >= 4 is 11.9 Å². The van der Waals surface area contributed by atoms with Crippen LogP contribution in [-0.4, -0.2) is 98.7 Å². The van der Waals surface area contributed by atoms with Crippen LogP contribution in [0.2, 0.25) is 0 Å². The highest BCUT2D eigenvalue weighted by atomic mass is 16.7. The molecule has 5 aliphatic rings. The Morgan fingerprint density at radius 2 is 1.79 bits per heavy atom. The van der Waals surface area contributed by atoms with Crippen LogP contribution in [0.5, 0.6) is 0 Å². The minimum Gasteiger partial charge on any atom is -0.461 e. The number of esters is 2. The lowest BCUT2D eigenvalue weighted by Crippen LogP contribution is -2.80. The summed E-state index contributed by atoms with van der Waals surface area (Å²) in [5.41, 5.74) is -4.08. The van der Waals surface area contributed by atoms with E-state index in [4.69, 9.17) is 18.9 Å². The molecular formula is C23H28O11. The maximum Gasteiger partial charge on any atom is 0.338 e. The Balaban J connectivity index is 1.46. The van der Waals surface area contributed by atoms with E-state index in [1.165, 1.54) is 0 Å². The van der Waals surface area contributed by atoms with Gasteiger partial charge in [0.1, 0.15) is 47.6 Å². The van der Waals surface area contributed by atoms with Crippen LogP contribution in [0.25, 0.3) is 0 Å². The summed E-state index contributed by atoms with van der Waals surface area (Å²) in [6, 6.07) is 8.20. The molecule has 0 aromatic heterocycles. The first-order chi connectivity index (χ1) is 16.1. The predicted molar refractivity (Wildman–Crippen MR) is 110 cm³/mol. The van der Waals surface area contributed by atoms with Crippen molar-refractivity contribution in [3.05, 3.63) is 35.9 Å². The van der Waals surface area contributed by atoms with Crippen LogP contribution in [0.3, 0.4) is 0 Å². The van der Waals surface area contributed by atoms with Gasteiger partial charge in [-0.1, -0.05) is 18.2 Å². The second-order valence-corrected chi connectivity index (χ2v) is 9.76. The largest absolute Gasteiger partial charge is 0.461 e. The number of carbonyl (C=O) groups is 2. The van der Waals surface area contributed by atoms with E-state index in [1.54, 1.807) is 37.3 Å². The number of hydrogen-bond donors (Lipinski definition) is 5. The molecule has 1 aromatic carbocycles. The zero-order chi connectivity index (χ0) is 24.5. The molecule has 0 unspecified atom stereocenters. The van der Waals surface area contributed by atoms with Crippen molar-refractivity contribution < 1.29 is 54.1 Å². The maximum atomic E-state index is 13.2. The predicted octanol–water partition coefficient (Wildman–Crippen LogP) is -1.51. The molecule has 6 rings (SSSR count). The van der Waals surface area contributed by atoms with Crippen molar-refractivity contribution in [1.82, 2.24) is 0 Å². The number of fused-ring (bicyclic) bond motifs is 1. The van der Waals surface area contributed by atoms with Gasteiger partial charge in [-0.2, -0.15) is 0 Å². The molecule has 11 nitrogen and oxygen atoms in total. The molecule has 0 spiro atoms. The first kappa shape index (κ1) is 23.6. The summed E-state index contributed by atoms with van der Waals surface area (Å²) in [4.78, 5) is 25.9. The Hall–Kier alpha value is -2.12. The lowest BCUT2D eigenvalue weighted by molar-refractivity contribution is -0.394. The maximum absolute atomic E-state index is 13.2. The van der Waals surface area contributed by atoms with Gasteiger partial charge in [0, 0.05) is 12.3 Å². The highest BCUT2D eigenvalue weighted by Gasteiger charge is 2.88. The van der Waals surface area contributed by atoms with Crippen molar-refractivity contribution in [1.29, 1.82) is 0 Å². The van der Waals surface area contributed by atoms with E-state index in [9.17, 15) is 35.1 Å². The average Bonchev–Trinajstić information content (AvgIpc) is 2.88. The van der Waals surface area contributed by atoms with Gasteiger partial charge in [0.2, 0.25) is 0 Å². The standard InChI is InChI=1S/C23H28O11/c1-21-8-13(25)12-7-23(21,33-19-17(28)16(27)15(26)14(9-24)32-19)22(12,20(30)34-21)10-31-18(29)11-5-3-2-4-6-11/h2-6,12-17,19,24-28H,7-10H2,1H3/t12-,13-,14+,15+,16-,17+,19-,21-,22-,23-/m0/s1. The van der Waals surface area contributed by atoms with Crippen molar-refractivity contribution in [3.8, 4) is 0 Å². The van der Waals surface area contributed by atoms with Crippen LogP contribution in [-0.2, 0) is 23.7 Å². The molecule has 186 valence electrons. The first-order valence-electron chi connectivity index (χ1n) is 11.2. The van der Waals surface area contributed by atoms with E-state index in [-0.39, 0.29) is 18.4 Å². The monoisotopic (exact) mass is 480 g/mol. The van der Waals surface area contributed by atoms with Crippen molar-refractivity contribution in [2.75, 3.05) is 13.2 Å². The number of rotatable bonds is 6. The quantitative estimate of drug-likeness (QED) is 0.300. The molecule has 11 heteroatoms. The van der Waals surface area contributed by atoms with Gasteiger partial charge in [-0.3, -0.25) is 4.79 Å². The topological polar surface area (TPSA) is 172 Å². The third-order valence-electron chi connectivity index (χ3n) is 8.07. The van der Waals surface area contributed by atoms with Crippen molar-refractivity contribution in [2.45, 2.75) is 67.8 Å². The summed E-state index contributed by atoms with van der Waals surface area (Å²) in [6.07, 6.45) is -8.41. The van der Waals surface area contributed by atoms with Gasteiger partial charge in [-0.05, 0) is 25.5 Å². The molecule has 2 saturated heterocycles. The number of hydrogen-bond acceptors (Lipinski definition) is 11. The highest BCUT2D eigenvalue weighted by molar-refractivity contribution is 5.90. The molecule has 2 heterocycles.